The van der Waals surface area contributed by atoms with Crippen LogP contribution in [0.3, 0.4) is 0 Å². The summed E-state index contributed by atoms with van der Waals surface area (Å²) in [6.45, 7) is 13.5. The molecule has 0 atom stereocenters. The van der Waals surface area contributed by atoms with E-state index in [-0.39, 0.29) is 18.3 Å². The van der Waals surface area contributed by atoms with Crippen LogP contribution in [0.5, 0.6) is 0 Å². The van der Waals surface area contributed by atoms with E-state index in [2.05, 4.69) is 13.8 Å². The van der Waals surface area contributed by atoms with Crippen LogP contribution >= 0.6 is 0 Å². The Morgan fingerprint density at radius 3 is 1.42 bits per heavy atom. The molecule has 0 unspecified atom stereocenters. The molecule has 0 bridgehead atoms. The van der Waals surface area contributed by atoms with Gasteiger partial charge < -0.3 is 23.7 Å². The number of carbonyl (C=O) groups is 1. The van der Waals surface area contributed by atoms with Gasteiger partial charge in [-0.25, -0.2) is 0 Å². The molecular formula is C20H40O6. The molecule has 0 aromatic carbocycles. The van der Waals surface area contributed by atoms with Crippen LogP contribution in [0, 0.1) is 11.8 Å². The maximum Gasteiger partial charge on any atom is 0.160 e. The molecule has 0 N–H and O–H groups in total. The number of ether oxygens (including phenoxy) is 5. The molecule has 0 saturated carbocycles. The molecule has 0 aliphatic rings. The quantitative estimate of drug-likeness (QED) is 0.304. The van der Waals surface area contributed by atoms with Crippen molar-refractivity contribution in [3.8, 4) is 0 Å². The van der Waals surface area contributed by atoms with Crippen LogP contribution in [0.2, 0.25) is 0 Å². The van der Waals surface area contributed by atoms with E-state index in [1.54, 1.807) is 0 Å². The molecule has 0 fully saturated rings. The Balaban J connectivity index is 3.12. The highest BCUT2D eigenvalue weighted by Crippen LogP contribution is 2.11. The van der Waals surface area contributed by atoms with Crippen molar-refractivity contribution in [1.29, 1.82) is 0 Å². The topological polar surface area (TPSA) is 63.2 Å². The minimum Gasteiger partial charge on any atom is -0.379 e. The summed E-state index contributed by atoms with van der Waals surface area (Å²) in [4.78, 5) is 11.3. The number of Topliss-reactive ketones (excluding diaryl/α,β-unsaturated/α-hetero) is 1. The van der Waals surface area contributed by atoms with Crippen LogP contribution in [0.1, 0.15) is 47.0 Å². The van der Waals surface area contributed by atoms with Crippen LogP contribution in [-0.4, -0.2) is 71.9 Å². The Morgan fingerprint density at radius 1 is 0.654 bits per heavy atom. The molecular weight excluding hydrogens is 336 g/mol. The first kappa shape index (κ1) is 25.5. The van der Waals surface area contributed by atoms with E-state index in [0.29, 0.717) is 52.9 Å². The second-order valence-corrected chi connectivity index (χ2v) is 6.59. The number of hydrogen-bond donors (Lipinski definition) is 0. The van der Waals surface area contributed by atoms with Gasteiger partial charge >= 0.3 is 0 Å². The Kier molecular flexibility index (Phi) is 18.8. The first-order chi connectivity index (χ1) is 12.6. The lowest BCUT2D eigenvalue weighted by Gasteiger charge is -2.12. The second-order valence-electron chi connectivity index (χ2n) is 6.59. The third kappa shape index (κ3) is 16.9. The van der Waals surface area contributed by atoms with Crippen molar-refractivity contribution in [2.75, 3.05) is 66.1 Å². The average molecular weight is 377 g/mol. The van der Waals surface area contributed by atoms with Crippen LogP contribution in [-0.2, 0) is 28.5 Å². The van der Waals surface area contributed by atoms with Gasteiger partial charge in [-0.1, -0.05) is 40.5 Å². The molecule has 26 heavy (non-hydrogen) atoms. The summed E-state index contributed by atoms with van der Waals surface area (Å²) < 4.78 is 27.0. The van der Waals surface area contributed by atoms with Crippen molar-refractivity contribution >= 4 is 5.78 Å². The summed E-state index contributed by atoms with van der Waals surface area (Å²) in [5.74, 6) is 0.915. The van der Waals surface area contributed by atoms with E-state index in [1.807, 2.05) is 13.8 Å². The van der Waals surface area contributed by atoms with Crippen LogP contribution in [0.15, 0.2) is 0 Å². The Bertz CT molecular complexity index is 305. The minimum absolute atomic E-state index is 0.0209. The first-order valence-electron chi connectivity index (χ1n) is 10.0. The minimum atomic E-state index is 0.0209. The Morgan fingerprint density at radius 2 is 1.04 bits per heavy atom. The van der Waals surface area contributed by atoms with E-state index in [9.17, 15) is 4.79 Å². The van der Waals surface area contributed by atoms with Gasteiger partial charge in [-0.15, -0.1) is 0 Å². The summed E-state index contributed by atoms with van der Waals surface area (Å²) in [5.41, 5.74) is 0. The highest BCUT2D eigenvalue weighted by molar-refractivity contribution is 5.81. The third-order valence-corrected chi connectivity index (χ3v) is 4.20. The van der Waals surface area contributed by atoms with Crippen LogP contribution in [0.25, 0.3) is 0 Å². The molecule has 0 saturated heterocycles. The molecule has 6 nitrogen and oxygen atoms in total. The first-order valence-corrected chi connectivity index (χ1v) is 10.0. The molecule has 0 spiro atoms. The largest absolute Gasteiger partial charge is 0.379 e. The molecule has 0 aliphatic carbocycles. The van der Waals surface area contributed by atoms with Crippen molar-refractivity contribution < 1.29 is 28.5 Å². The van der Waals surface area contributed by atoms with E-state index in [1.165, 1.54) is 12.8 Å². The molecule has 0 heterocycles. The fourth-order valence-corrected chi connectivity index (χ4v) is 2.17. The maximum atomic E-state index is 11.3. The van der Waals surface area contributed by atoms with Gasteiger partial charge in [0.15, 0.2) is 5.78 Å². The van der Waals surface area contributed by atoms with Crippen molar-refractivity contribution in [2.24, 2.45) is 11.8 Å². The van der Waals surface area contributed by atoms with Gasteiger partial charge in [-0.3, -0.25) is 4.79 Å². The fraction of sp³-hybridized carbons (Fsp3) is 0.950. The van der Waals surface area contributed by atoms with E-state index in [4.69, 9.17) is 23.7 Å². The van der Waals surface area contributed by atoms with Gasteiger partial charge in [-0.2, -0.15) is 0 Å². The number of hydrogen-bond acceptors (Lipinski definition) is 6. The van der Waals surface area contributed by atoms with Gasteiger partial charge in [0.2, 0.25) is 0 Å². The zero-order chi connectivity index (χ0) is 19.5. The summed E-state index contributed by atoms with van der Waals surface area (Å²) in [5, 5.41) is 0. The SMILES string of the molecule is CCC(CC)CCOCCOCCOCCOCCOCC(=O)C(C)C. The highest BCUT2D eigenvalue weighted by atomic mass is 16.6. The lowest BCUT2D eigenvalue weighted by molar-refractivity contribution is -0.127. The van der Waals surface area contributed by atoms with Crippen molar-refractivity contribution in [3.63, 3.8) is 0 Å². The lowest BCUT2D eigenvalue weighted by atomic mass is 10.0. The van der Waals surface area contributed by atoms with Crippen molar-refractivity contribution in [1.82, 2.24) is 0 Å². The van der Waals surface area contributed by atoms with E-state index in [0.717, 1.165) is 18.9 Å². The zero-order valence-corrected chi connectivity index (χ0v) is 17.3. The Labute approximate surface area is 159 Å². The smallest absolute Gasteiger partial charge is 0.160 e. The summed E-state index contributed by atoms with van der Waals surface area (Å²) in [6.07, 6.45) is 3.58. The molecule has 6 heteroatoms. The molecule has 156 valence electrons. The second kappa shape index (κ2) is 19.2. The molecule has 0 amide bonds. The number of carbonyl (C=O) groups excluding carboxylic acids is 1. The lowest BCUT2D eigenvalue weighted by Crippen LogP contribution is -2.17. The predicted molar refractivity (Wildman–Crippen MR) is 103 cm³/mol. The normalized spacial score (nSPS) is 11.6. The third-order valence-electron chi connectivity index (χ3n) is 4.20. The zero-order valence-electron chi connectivity index (χ0n) is 17.3. The Hall–Kier alpha value is -0.530. The number of ketones is 1. The van der Waals surface area contributed by atoms with Crippen LogP contribution in [0.4, 0.5) is 0 Å². The number of rotatable bonds is 20. The standard InChI is InChI=1S/C20H40O6/c1-5-19(6-2)7-8-22-9-10-23-11-12-24-13-14-25-15-16-26-17-20(21)18(3)4/h18-19H,5-17H2,1-4H3. The van der Waals surface area contributed by atoms with Gasteiger partial charge in [-0.05, 0) is 12.3 Å². The average Bonchev–Trinajstić information content (AvgIpc) is 2.64. The van der Waals surface area contributed by atoms with Gasteiger partial charge in [0, 0.05) is 12.5 Å². The van der Waals surface area contributed by atoms with Gasteiger partial charge in [0.1, 0.15) is 6.61 Å². The summed E-state index contributed by atoms with van der Waals surface area (Å²) in [7, 11) is 0. The summed E-state index contributed by atoms with van der Waals surface area (Å²) >= 11 is 0. The monoisotopic (exact) mass is 376 g/mol. The van der Waals surface area contributed by atoms with Gasteiger partial charge in [0.05, 0.1) is 52.9 Å². The molecule has 0 radical (unpaired) electrons. The van der Waals surface area contributed by atoms with Crippen LogP contribution < -0.4 is 0 Å². The maximum absolute atomic E-state index is 11.3. The molecule has 0 aliphatic heterocycles. The van der Waals surface area contributed by atoms with Gasteiger partial charge in [0.25, 0.3) is 0 Å². The predicted octanol–water partition coefficient (Wildman–Crippen LogP) is 3.12. The van der Waals surface area contributed by atoms with Crippen molar-refractivity contribution in [2.45, 2.75) is 47.0 Å². The molecule has 0 aromatic heterocycles. The van der Waals surface area contributed by atoms with E-state index < -0.39 is 0 Å². The van der Waals surface area contributed by atoms with E-state index >= 15 is 0 Å². The molecule has 0 rings (SSSR count). The summed E-state index contributed by atoms with van der Waals surface area (Å²) in [6, 6.07) is 0. The van der Waals surface area contributed by atoms with Crippen molar-refractivity contribution in [3.05, 3.63) is 0 Å². The fourth-order valence-electron chi connectivity index (χ4n) is 2.17. The highest BCUT2D eigenvalue weighted by Gasteiger charge is 2.06. The molecule has 0 aromatic rings.